The number of urea groups is 1. The van der Waals surface area contributed by atoms with E-state index < -0.39 is 30.0 Å². The van der Waals surface area contributed by atoms with Crippen molar-refractivity contribution in [3.63, 3.8) is 0 Å². The number of aryl methyl sites for hydroxylation is 1. The summed E-state index contributed by atoms with van der Waals surface area (Å²) in [7, 11) is 0. The van der Waals surface area contributed by atoms with Crippen LogP contribution in [-0.4, -0.2) is 43.1 Å². The molecule has 1 unspecified atom stereocenters. The molecule has 0 aliphatic heterocycles. The Hall–Kier alpha value is -3.40. The number of ether oxygens (including phenoxy) is 2. The van der Waals surface area contributed by atoms with Gasteiger partial charge < -0.3 is 25.4 Å². The summed E-state index contributed by atoms with van der Waals surface area (Å²) >= 11 is 1.36. The highest BCUT2D eigenvalue weighted by Gasteiger charge is 2.28. The molecule has 0 radical (unpaired) electrons. The van der Waals surface area contributed by atoms with Crippen LogP contribution in [0.4, 0.5) is 9.80 Å². The third-order valence-electron chi connectivity index (χ3n) is 5.25. The predicted molar refractivity (Wildman–Crippen MR) is 128 cm³/mol. The Morgan fingerprint density at radius 3 is 2.53 bits per heavy atom. The van der Waals surface area contributed by atoms with Crippen molar-refractivity contribution in [3.05, 3.63) is 51.9 Å². The summed E-state index contributed by atoms with van der Waals surface area (Å²) in [5.41, 5.74) is 2.24. The van der Waals surface area contributed by atoms with E-state index in [0.717, 1.165) is 41.7 Å². The summed E-state index contributed by atoms with van der Waals surface area (Å²) in [6, 6.07) is 8.81. The molecule has 0 bridgehead atoms. The average molecular weight is 488 g/mol. The highest BCUT2D eigenvalue weighted by molar-refractivity contribution is 7.17. The Morgan fingerprint density at radius 2 is 1.79 bits per heavy atom. The van der Waals surface area contributed by atoms with Crippen molar-refractivity contribution in [1.29, 1.82) is 0 Å². The van der Waals surface area contributed by atoms with Crippen LogP contribution in [0.15, 0.2) is 30.3 Å². The normalized spacial score (nSPS) is 13.2. The summed E-state index contributed by atoms with van der Waals surface area (Å²) in [6.45, 7) is 3.32. The molecule has 0 saturated heterocycles. The minimum atomic E-state index is -1.11. The van der Waals surface area contributed by atoms with Gasteiger partial charge >= 0.3 is 18.0 Å². The zero-order valence-electron chi connectivity index (χ0n) is 19.3. The van der Waals surface area contributed by atoms with Gasteiger partial charge in [-0.15, -0.1) is 11.3 Å². The van der Waals surface area contributed by atoms with Gasteiger partial charge in [0.25, 0.3) is 5.91 Å². The molecule has 1 aliphatic carbocycles. The molecule has 3 amide bonds. The fraction of sp³-hybridized carbons (Fsp3) is 0.417. The summed E-state index contributed by atoms with van der Waals surface area (Å²) in [5, 5.41) is 8.17. The number of hydrogen-bond donors (Lipinski definition) is 3. The molecule has 1 aromatic carbocycles. The van der Waals surface area contributed by atoms with Crippen LogP contribution in [0.3, 0.4) is 0 Å². The van der Waals surface area contributed by atoms with E-state index in [1.165, 1.54) is 18.3 Å². The fourth-order valence-electron chi connectivity index (χ4n) is 3.57. The van der Waals surface area contributed by atoms with Gasteiger partial charge in [0.05, 0.1) is 12.2 Å². The van der Waals surface area contributed by atoms with E-state index in [-0.39, 0.29) is 13.2 Å². The molecule has 1 aliphatic rings. The number of benzene rings is 1. The van der Waals surface area contributed by atoms with E-state index in [9.17, 15) is 19.2 Å². The maximum Gasteiger partial charge on any atom is 0.341 e. The number of carbonyl (C=O) groups excluding carboxylic acids is 4. The van der Waals surface area contributed by atoms with Gasteiger partial charge in [-0.2, -0.15) is 0 Å². The number of rotatable bonds is 9. The smallest absolute Gasteiger partial charge is 0.341 e. The van der Waals surface area contributed by atoms with Gasteiger partial charge in [0.2, 0.25) is 0 Å². The average Bonchev–Trinajstić information content (AvgIpc) is 3.20. The van der Waals surface area contributed by atoms with E-state index in [4.69, 9.17) is 9.47 Å². The number of thiophene rings is 1. The predicted octanol–water partition coefficient (Wildman–Crippen LogP) is 3.17. The largest absolute Gasteiger partial charge is 0.462 e. The highest BCUT2D eigenvalue weighted by Crippen LogP contribution is 2.38. The zero-order chi connectivity index (χ0) is 24.5. The molecule has 0 spiro atoms. The molecule has 2 aromatic rings. The minimum Gasteiger partial charge on any atom is -0.462 e. The highest BCUT2D eigenvalue weighted by atomic mass is 32.1. The standard InChI is InChI=1S/C24H29N3O6S/c1-3-32-23(30)20-17-11-7-8-12-18(17)34-22(20)27-21(29)15(2)33-19(28)14-26-24(31)25-13-16-9-5-4-6-10-16/h4-6,9-10,15H,3,7-8,11-14H2,1-2H3,(H,27,29)(H2,25,26,31). The van der Waals surface area contributed by atoms with Crippen LogP contribution in [0.1, 0.15) is 53.1 Å². The molecule has 9 nitrogen and oxygen atoms in total. The molecular weight excluding hydrogens is 458 g/mol. The molecule has 3 rings (SSSR count). The van der Waals surface area contributed by atoms with Crippen LogP contribution in [0.25, 0.3) is 0 Å². The molecule has 1 aromatic heterocycles. The molecule has 1 atom stereocenters. The SMILES string of the molecule is CCOC(=O)c1c(NC(=O)C(C)OC(=O)CNC(=O)NCc2ccccc2)sc2c1CCCC2. The number of nitrogens with one attached hydrogen (secondary N) is 3. The van der Waals surface area contributed by atoms with Crippen molar-refractivity contribution in [2.75, 3.05) is 18.5 Å². The number of amides is 3. The van der Waals surface area contributed by atoms with Gasteiger partial charge in [0.15, 0.2) is 6.10 Å². The number of esters is 2. The van der Waals surface area contributed by atoms with Crippen molar-refractivity contribution in [1.82, 2.24) is 10.6 Å². The Balaban J connectivity index is 1.50. The Bertz CT molecular complexity index is 1040. The summed E-state index contributed by atoms with van der Waals surface area (Å²) in [5.74, 6) is -1.79. The molecule has 0 saturated carbocycles. The van der Waals surface area contributed by atoms with Gasteiger partial charge in [-0.05, 0) is 50.7 Å². The number of fused-ring (bicyclic) bond motifs is 1. The van der Waals surface area contributed by atoms with Crippen molar-refractivity contribution in [3.8, 4) is 0 Å². The van der Waals surface area contributed by atoms with E-state index >= 15 is 0 Å². The van der Waals surface area contributed by atoms with Crippen molar-refractivity contribution < 1.29 is 28.7 Å². The van der Waals surface area contributed by atoms with Crippen LogP contribution >= 0.6 is 11.3 Å². The third kappa shape index (κ3) is 6.80. The monoisotopic (exact) mass is 487 g/mol. The molecule has 10 heteroatoms. The van der Waals surface area contributed by atoms with Gasteiger partial charge in [-0.1, -0.05) is 30.3 Å². The van der Waals surface area contributed by atoms with Crippen LogP contribution in [0.2, 0.25) is 0 Å². The van der Waals surface area contributed by atoms with Gasteiger partial charge in [-0.25, -0.2) is 9.59 Å². The molecule has 34 heavy (non-hydrogen) atoms. The van der Waals surface area contributed by atoms with Crippen LogP contribution < -0.4 is 16.0 Å². The van der Waals surface area contributed by atoms with Crippen molar-refractivity contribution >= 4 is 40.2 Å². The first kappa shape index (κ1) is 25.2. The second-order valence-corrected chi connectivity index (χ2v) is 8.88. The first-order chi connectivity index (χ1) is 16.4. The zero-order valence-corrected chi connectivity index (χ0v) is 20.1. The lowest BCUT2D eigenvalue weighted by Crippen LogP contribution is -2.40. The lowest BCUT2D eigenvalue weighted by atomic mass is 9.95. The molecule has 3 N–H and O–H groups in total. The van der Waals surface area contributed by atoms with E-state index in [0.29, 0.717) is 17.1 Å². The fourth-order valence-corrected chi connectivity index (χ4v) is 4.85. The summed E-state index contributed by atoms with van der Waals surface area (Å²) in [4.78, 5) is 50.2. The van der Waals surface area contributed by atoms with Crippen molar-refractivity contribution in [2.45, 2.75) is 52.2 Å². The second kappa shape index (κ2) is 12.2. The number of anilines is 1. The lowest BCUT2D eigenvalue weighted by Gasteiger charge is -2.15. The van der Waals surface area contributed by atoms with Gasteiger partial charge in [0, 0.05) is 11.4 Å². The molecular formula is C24H29N3O6S. The molecule has 182 valence electrons. The van der Waals surface area contributed by atoms with Crippen LogP contribution in [0.5, 0.6) is 0 Å². The maximum absolute atomic E-state index is 12.7. The van der Waals surface area contributed by atoms with Gasteiger partial charge in [-0.3, -0.25) is 9.59 Å². The second-order valence-electron chi connectivity index (χ2n) is 7.78. The first-order valence-electron chi connectivity index (χ1n) is 11.3. The summed E-state index contributed by atoms with van der Waals surface area (Å²) < 4.78 is 10.3. The van der Waals surface area contributed by atoms with Gasteiger partial charge in [0.1, 0.15) is 11.5 Å². The Kier molecular flexibility index (Phi) is 9.03. The lowest BCUT2D eigenvalue weighted by molar-refractivity contribution is -0.152. The third-order valence-corrected chi connectivity index (χ3v) is 6.46. The maximum atomic E-state index is 12.7. The molecule has 0 fully saturated rings. The number of hydrogen-bond acceptors (Lipinski definition) is 7. The Morgan fingerprint density at radius 1 is 1.06 bits per heavy atom. The van der Waals surface area contributed by atoms with E-state index in [2.05, 4.69) is 16.0 Å². The summed E-state index contributed by atoms with van der Waals surface area (Å²) in [6.07, 6.45) is 2.51. The van der Waals surface area contributed by atoms with E-state index in [1.807, 2.05) is 30.3 Å². The minimum absolute atomic E-state index is 0.233. The topological polar surface area (TPSA) is 123 Å². The Labute approximate surface area is 202 Å². The van der Waals surface area contributed by atoms with Crippen LogP contribution in [-0.2, 0) is 38.4 Å². The molecule has 1 heterocycles. The number of carbonyl (C=O) groups is 4. The quantitative estimate of drug-likeness (QED) is 0.467. The van der Waals surface area contributed by atoms with E-state index in [1.54, 1.807) is 6.92 Å². The van der Waals surface area contributed by atoms with Crippen LogP contribution in [0, 0.1) is 0 Å². The first-order valence-corrected chi connectivity index (χ1v) is 12.1. The van der Waals surface area contributed by atoms with Crippen molar-refractivity contribution in [2.24, 2.45) is 0 Å².